The number of likely N-dealkylation sites (tertiary alicyclic amines) is 1. The molecule has 3 aromatic rings. The van der Waals surface area contributed by atoms with E-state index in [0.29, 0.717) is 18.7 Å². The van der Waals surface area contributed by atoms with Gasteiger partial charge in [0.2, 0.25) is 10.0 Å². The number of methoxy groups -OCH3 is 1. The smallest absolute Gasteiger partial charge is 0.264 e. The minimum Gasteiger partial charge on any atom is -0.496 e. The maximum absolute atomic E-state index is 12.4. The number of benzene rings is 2. The van der Waals surface area contributed by atoms with Crippen molar-refractivity contribution >= 4 is 26.8 Å². The van der Waals surface area contributed by atoms with Gasteiger partial charge in [0, 0.05) is 54.0 Å². The third kappa shape index (κ3) is 5.58. The van der Waals surface area contributed by atoms with Crippen molar-refractivity contribution in [2.45, 2.75) is 52.3 Å². The van der Waals surface area contributed by atoms with Crippen LogP contribution in [0.25, 0.3) is 10.9 Å². The molecule has 0 unspecified atom stereocenters. The van der Waals surface area contributed by atoms with Gasteiger partial charge in [0.1, 0.15) is 5.75 Å². The third-order valence-corrected chi connectivity index (χ3v) is 8.20. The fourth-order valence-corrected chi connectivity index (χ4v) is 5.56. The van der Waals surface area contributed by atoms with Gasteiger partial charge in [0.15, 0.2) is 0 Å². The van der Waals surface area contributed by atoms with Gasteiger partial charge in [0.25, 0.3) is 5.91 Å². The summed E-state index contributed by atoms with van der Waals surface area (Å²) in [5, 5.41) is 1.15. The monoisotopic (exact) mass is 513 g/mol. The highest BCUT2D eigenvalue weighted by Gasteiger charge is 2.31. The molecule has 1 aliphatic heterocycles. The van der Waals surface area contributed by atoms with E-state index in [2.05, 4.69) is 33.7 Å². The van der Waals surface area contributed by atoms with Crippen LogP contribution in [0.1, 0.15) is 59.8 Å². The Kier molecular flexibility index (Phi) is 8.02. The molecule has 2 atom stereocenters. The van der Waals surface area contributed by atoms with Crippen LogP contribution in [0.2, 0.25) is 0 Å². The van der Waals surface area contributed by atoms with Crippen LogP contribution in [-0.2, 0) is 21.3 Å². The van der Waals surface area contributed by atoms with Crippen molar-refractivity contribution in [2.75, 3.05) is 26.0 Å². The summed E-state index contributed by atoms with van der Waals surface area (Å²) in [7, 11) is -1.91. The number of hydrogen-bond donors (Lipinski definition) is 2. The average Bonchev–Trinajstić information content (AvgIpc) is 3.37. The molecule has 36 heavy (non-hydrogen) atoms. The molecule has 0 bridgehead atoms. The van der Waals surface area contributed by atoms with E-state index in [0.717, 1.165) is 52.7 Å². The van der Waals surface area contributed by atoms with Crippen LogP contribution in [0.15, 0.2) is 42.6 Å². The lowest BCUT2D eigenvalue weighted by Crippen LogP contribution is -2.39. The van der Waals surface area contributed by atoms with Gasteiger partial charge in [-0.15, -0.1) is 0 Å². The van der Waals surface area contributed by atoms with Crippen molar-refractivity contribution in [3.63, 3.8) is 0 Å². The predicted octanol–water partition coefficient (Wildman–Crippen LogP) is 4.31. The standard InChI is InChI=1S/C27H35N3O5S/c1-5-35-21-12-14-30(17-23-22-11-13-28-26(22)18(3)15-25(23)34-4)24(16-21)19-7-9-20(10-8-19)27(31)29-36(32,33)6-2/h7-11,13,15,21,24,28H,5-6,12,14,16-17H2,1-4H3,(H,29,31)/t21-,24-/m0/s1. The molecule has 0 aliphatic carbocycles. The summed E-state index contributed by atoms with van der Waals surface area (Å²) >= 11 is 0. The van der Waals surface area contributed by atoms with Gasteiger partial charge < -0.3 is 14.5 Å². The zero-order valence-corrected chi connectivity index (χ0v) is 22.2. The van der Waals surface area contributed by atoms with Crippen LogP contribution in [0.4, 0.5) is 0 Å². The first-order chi connectivity index (χ1) is 17.3. The molecule has 9 heteroatoms. The third-order valence-electron chi connectivity index (χ3n) is 6.95. The maximum atomic E-state index is 12.4. The summed E-state index contributed by atoms with van der Waals surface area (Å²) in [5.74, 6) is 0.105. The summed E-state index contributed by atoms with van der Waals surface area (Å²) in [6.07, 6.45) is 3.88. The van der Waals surface area contributed by atoms with E-state index in [9.17, 15) is 13.2 Å². The van der Waals surface area contributed by atoms with Crippen LogP contribution >= 0.6 is 0 Å². The zero-order valence-electron chi connectivity index (χ0n) is 21.3. The summed E-state index contributed by atoms with van der Waals surface area (Å²) in [4.78, 5) is 18.2. The van der Waals surface area contributed by atoms with Gasteiger partial charge in [-0.1, -0.05) is 12.1 Å². The molecule has 8 nitrogen and oxygen atoms in total. The summed E-state index contributed by atoms with van der Waals surface area (Å²) in [6.45, 7) is 7.81. The molecular formula is C27H35N3O5S. The van der Waals surface area contributed by atoms with Crippen molar-refractivity contribution in [1.82, 2.24) is 14.6 Å². The molecule has 1 amide bonds. The van der Waals surface area contributed by atoms with Gasteiger partial charge in [-0.2, -0.15) is 0 Å². The number of aryl methyl sites for hydroxylation is 1. The number of sulfonamides is 1. The number of fused-ring (bicyclic) bond motifs is 1. The van der Waals surface area contributed by atoms with E-state index in [-0.39, 0.29) is 17.9 Å². The number of amides is 1. The molecule has 0 radical (unpaired) electrons. The summed E-state index contributed by atoms with van der Waals surface area (Å²) in [5.41, 5.74) is 4.77. The molecule has 194 valence electrons. The number of aromatic nitrogens is 1. The Bertz CT molecular complexity index is 1320. The van der Waals surface area contributed by atoms with E-state index in [1.54, 1.807) is 19.2 Å². The van der Waals surface area contributed by atoms with Crippen molar-refractivity contribution in [2.24, 2.45) is 0 Å². The molecule has 2 N–H and O–H groups in total. The molecule has 1 aliphatic rings. The number of nitrogens with zero attached hydrogens (tertiary/aromatic N) is 1. The predicted molar refractivity (Wildman–Crippen MR) is 141 cm³/mol. The number of piperidine rings is 1. The number of aromatic amines is 1. The Labute approximate surface area is 213 Å². The molecule has 1 aromatic heterocycles. The molecular weight excluding hydrogens is 478 g/mol. The maximum Gasteiger partial charge on any atom is 0.264 e. The Hall–Kier alpha value is -2.88. The molecule has 1 saturated heterocycles. The highest BCUT2D eigenvalue weighted by atomic mass is 32.2. The fourth-order valence-electron chi connectivity index (χ4n) is 5.02. The minimum atomic E-state index is -3.62. The highest BCUT2D eigenvalue weighted by Crippen LogP contribution is 2.38. The van der Waals surface area contributed by atoms with Crippen LogP contribution in [0.5, 0.6) is 5.75 Å². The molecule has 1 fully saturated rings. The Balaban J connectivity index is 1.63. The molecule has 2 aromatic carbocycles. The van der Waals surface area contributed by atoms with Crippen LogP contribution in [-0.4, -0.2) is 56.3 Å². The molecule has 2 heterocycles. The number of ether oxygens (including phenoxy) is 2. The summed E-state index contributed by atoms with van der Waals surface area (Å²) in [6, 6.07) is 11.5. The van der Waals surface area contributed by atoms with E-state index in [1.165, 1.54) is 6.92 Å². The van der Waals surface area contributed by atoms with Gasteiger partial charge in [0.05, 0.1) is 19.0 Å². The fraction of sp³-hybridized carbons (Fsp3) is 0.444. The van der Waals surface area contributed by atoms with E-state index < -0.39 is 15.9 Å². The Morgan fingerprint density at radius 1 is 1.19 bits per heavy atom. The SMILES string of the molecule is CCO[C@H]1CCN(Cc2c(OC)cc(C)c3[nH]ccc23)[C@H](c2ccc(C(=O)NS(=O)(=O)CC)cc2)C1. The van der Waals surface area contributed by atoms with E-state index in [4.69, 9.17) is 9.47 Å². The average molecular weight is 514 g/mol. The first-order valence-corrected chi connectivity index (χ1v) is 14.1. The van der Waals surface area contributed by atoms with Crippen molar-refractivity contribution in [3.8, 4) is 5.75 Å². The second kappa shape index (κ2) is 11.0. The van der Waals surface area contributed by atoms with E-state index in [1.807, 2.05) is 25.3 Å². The minimum absolute atomic E-state index is 0.0757. The number of H-pyrrole nitrogens is 1. The number of rotatable bonds is 9. The van der Waals surface area contributed by atoms with E-state index >= 15 is 0 Å². The summed E-state index contributed by atoms with van der Waals surface area (Å²) < 4.78 is 37.5. The lowest BCUT2D eigenvalue weighted by molar-refractivity contribution is -0.0138. The van der Waals surface area contributed by atoms with Crippen molar-refractivity contribution in [3.05, 3.63) is 64.8 Å². The molecule has 0 saturated carbocycles. The first kappa shape index (κ1) is 26.2. The second-order valence-corrected chi connectivity index (χ2v) is 11.2. The second-order valence-electron chi connectivity index (χ2n) is 9.19. The van der Waals surface area contributed by atoms with Gasteiger partial charge in [-0.3, -0.25) is 9.69 Å². The quantitative estimate of drug-likeness (QED) is 0.442. The van der Waals surface area contributed by atoms with Crippen molar-refractivity contribution in [1.29, 1.82) is 0 Å². The topological polar surface area (TPSA) is 101 Å². The largest absolute Gasteiger partial charge is 0.496 e. The van der Waals surface area contributed by atoms with Gasteiger partial charge in [-0.05, 0) is 69.0 Å². The Morgan fingerprint density at radius 3 is 2.61 bits per heavy atom. The number of carbonyl (C=O) groups is 1. The first-order valence-electron chi connectivity index (χ1n) is 12.4. The number of carbonyl (C=O) groups excluding carboxylic acids is 1. The molecule has 4 rings (SSSR count). The van der Waals surface area contributed by atoms with Crippen LogP contribution < -0.4 is 9.46 Å². The Morgan fingerprint density at radius 2 is 1.94 bits per heavy atom. The number of nitrogens with one attached hydrogen (secondary N) is 2. The lowest BCUT2D eigenvalue weighted by atomic mass is 9.91. The molecule has 0 spiro atoms. The van der Waals surface area contributed by atoms with Crippen molar-refractivity contribution < 1.29 is 22.7 Å². The van der Waals surface area contributed by atoms with Gasteiger partial charge >= 0.3 is 0 Å². The zero-order chi connectivity index (χ0) is 25.9. The van der Waals surface area contributed by atoms with Crippen LogP contribution in [0, 0.1) is 6.92 Å². The van der Waals surface area contributed by atoms with Gasteiger partial charge in [-0.25, -0.2) is 13.1 Å². The normalized spacial score (nSPS) is 18.9. The lowest BCUT2D eigenvalue weighted by Gasteiger charge is -2.40. The highest BCUT2D eigenvalue weighted by molar-refractivity contribution is 7.90. The van der Waals surface area contributed by atoms with Crippen LogP contribution in [0.3, 0.4) is 0 Å². The number of hydrogen-bond acceptors (Lipinski definition) is 6.